The molecule has 0 aliphatic rings. The Labute approximate surface area is 76.1 Å². The molecule has 0 fully saturated rings. The molecule has 0 heterocycles. The number of carboxylic acid groups (broad SMARTS) is 1. The summed E-state index contributed by atoms with van der Waals surface area (Å²) in [6.45, 7) is 0. The third kappa shape index (κ3) is 1.55. The number of rotatable bonds is 1. The van der Waals surface area contributed by atoms with Crippen molar-refractivity contribution in [3.63, 3.8) is 0 Å². The fraction of sp³-hybridized carbons (Fsp3) is 0. The first-order valence-corrected chi connectivity index (χ1v) is 3.77. The lowest BCUT2D eigenvalue weighted by Gasteiger charge is -2.07. The minimum Gasteiger partial charge on any atom is -0.545 e. The van der Waals surface area contributed by atoms with Gasteiger partial charge in [0, 0.05) is 10.0 Å². The first-order valence-electron chi connectivity index (χ1n) is 2.98. The minimum absolute atomic E-state index is 0.313. The summed E-state index contributed by atoms with van der Waals surface area (Å²) in [6, 6.07) is 2.27. The number of anilines is 1. The van der Waals surface area contributed by atoms with Gasteiger partial charge in [0.25, 0.3) is 0 Å². The normalized spacial score (nSPS) is 9.83. The molecule has 0 atom stereocenters. The van der Waals surface area contributed by atoms with Gasteiger partial charge in [-0.2, -0.15) is 0 Å². The number of benzene rings is 1. The van der Waals surface area contributed by atoms with Crippen molar-refractivity contribution in [2.24, 2.45) is 0 Å². The number of carbonyl (C=O) groups excluding carboxylic acids is 1. The molecule has 5 heteroatoms. The number of hydrogen-bond donors (Lipinski definition) is 1. The van der Waals surface area contributed by atoms with Crippen LogP contribution in [0.15, 0.2) is 16.6 Å². The van der Waals surface area contributed by atoms with E-state index in [9.17, 15) is 14.3 Å². The molecule has 1 rings (SSSR count). The molecular weight excluding hydrogens is 229 g/mol. The van der Waals surface area contributed by atoms with Crippen LogP contribution in [0, 0.1) is 5.82 Å². The zero-order valence-corrected chi connectivity index (χ0v) is 7.39. The van der Waals surface area contributed by atoms with E-state index in [2.05, 4.69) is 15.9 Å². The number of nitrogens with two attached hydrogens (primary N) is 1. The lowest BCUT2D eigenvalue weighted by Crippen LogP contribution is -2.24. The molecule has 0 unspecified atom stereocenters. The Morgan fingerprint density at radius 2 is 2.17 bits per heavy atom. The topological polar surface area (TPSA) is 66.2 Å². The fourth-order valence-electron chi connectivity index (χ4n) is 0.754. The van der Waals surface area contributed by atoms with Gasteiger partial charge in [-0.3, -0.25) is 0 Å². The van der Waals surface area contributed by atoms with Crippen molar-refractivity contribution >= 4 is 27.6 Å². The molecule has 64 valence electrons. The van der Waals surface area contributed by atoms with Gasteiger partial charge in [0.2, 0.25) is 0 Å². The van der Waals surface area contributed by atoms with Gasteiger partial charge in [0.15, 0.2) is 0 Å². The van der Waals surface area contributed by atoms with Crippen LogP contribution in [0.3, 0.4) is 0 Å². The average molecular weight is 233 g/mol. The molecule has 0 aliphatic carbocycles. The molecular formula is C7H4BrFNO2-. The first kappa shape index (κ1) is 8.99. The fourth-order valence-corrected chi connectivity index (χ4v) is 1.18. The number of aromatic carboxylic acids is 1. The molecule has 0 aliphatic heterocycles. The van der Waals surface area contributed by atoms with Crippen LogP contribution in [0.25, 0.3) is 0 Å². The van der Waals surface area contributed by atoms with E-state index in [-0.39, 0.29) is 5.56 Å². The highest BCUT2D eigenvalue weighted by Gasteiger charge is 2.06. The lowest BCUT2D eigenvalue weighted by molar-refractivity contribution is -0.254. The van der Waals surface area contributed by atoms with Crippen LogP contribution >= 0.6 is 15.9 Å². The van der Waals surface area contributed by atoms with E-state index >= 15 is 0 Å². The minimum atomic E-state index is -1.49. The summed E-state index contributed by atoms with van der Waals surface area (Å²) >= 11 is 2.93. The van der Waals surface area contributed by atoms with Crippen LogP contribution in [0.5, 0.6) is 0 Å². The second-order valence-electron chi connectivity index (χ2n) is 2.14. The standard InChI is InChI=1S/C7H5BrFNO2/c8-3-1-4(7(11)12)6(10)5(9)2-3/h1-2H,10H2,(H,11,12)/p-1. The predicted molar refractivity (Wildman–Crippen MR) is 42.8 cm³/mol. The Morgan fingerprint density at radius 3 is 2.67 bits per heavy atom. The summed E-state index contributed by atoms with van der Waals surface area (Å²) in [5.41, 5.74) is 4.39. The highest BCUT2D eigenvalue weighted by Crippen LogP contribution is 2.21. The van der Waals surface area contributed by atoms with Crippen LogP contribution in [-0.4, -0.2) is 5.97 Å². The van der Waals surface area contributed by atoms with Crippen LogP contribution in [0.4, 0.5) is 10.1 Å². The summed E-state index contributed by atoms with van der Waals surface area (Å²) in [5.74, 6) is -2.27. The molecule has 12 heavy (non-hydrogen) atoms. The quantitative estimate of drug-likeness (QED) is 0.719. The van der Waals surface area contributed by atoms with Crippen molar-refractivity contribution in [1.82, 2.24) is 0 Å². The third-order valence-corrected chi connectivity index (χ3v) is 1.77. The van der Waals surface area contributed by atoms with Crippen molar-refractivity contribution in [3.8, 4) is 0 Å². The SMILES string of the molecule is Nc1c(F)cc(Br)cc1C(=O)[O-]. The third-order valence-electron chi connectivity index (χ3n) is 1.31. The van der Waals surface area contributed by atoms with Gasteiger partial charge >= 0.3 is 0 Å². The number of carbonyl (C=O) groups is 1. The monoisotopic (exact) mass is 232 g/mol. The van der Waals surface area contributed by atoms with Gasteiger partial charge < -0.3 is 15.6 Å². The maximum Gasteiger partial charge on any atom is 0.147 e. The van der Waals surface area contributed by atoms with E-state index in [0.29, 0.717) is 4.47 Å². The molecule has 0 amide bonds. The van der Waals surface area contributed by atoms with Crippen LogP contribution in [-0.2, 0) is 0 Å². The highest BCUT2D eigenvalue weighted by molar-refractivity contribution is 9.10. The number of halogens is 2. The Bertz CT molecular complexity index is 340. The predicted octanol–water partition coefficient (Wildman–Crippen LogP) is 0.534. The highest BCUT2D eigenvalue weighted by atomic mass is 79.9. The summed E-state index contributed by atoms with van der Waals surface area (Å²) in [5, 5.41) is 10.3. The summed E-state index contributed by atoms with van der Waals surface area (Å²) < 4.78 is 13.1. The van der Waals surface area contributed by atoms with Crippen molar-refractivity contribution in [2.75, 3.05) is 5.73 Å². The smallest absolute Gasteiger partial charge is 0.147 e. The van der Waals surface area contributed by atoms with Crippen molar-refractivity contribution in [1.29, 1.82) is 0 Å². The molecule has 1 aromatic rings. The molecule has 0 radical (unpaired) electrons. The molecule has 0 aromatic heterocycles. The summed E-state index contributed by atoms with van der Waals surface area (Å²) in [7, 11) is 0. The van der Waals surface area contributed by atoms with Gasteiger partial charge in [-0.15, -0.1) is 0 Å². The molecule has 0 bridgehead atoms. The number of hydrogen-bond acceptors (Lipinski definition) is 3. The zero-order valence-electron chi connectivity index (χ0n) is 5.80. The lowest BCUT2D eigenvalue weighted by atomic mass is 10.2. The molecule has 2 N–H and O–H groups in total. The van der Waals surface area contributed by atoms with E-state index in [1.54, 1.807) is 0 Å². The molecule has 0 spiro atoms. The summed E-state index contributed by atoms with van der Waals surface area (Å²) in [6.07, 6.45) is 0. The first-order chi connectivity index (χ1) is 5.52. The van der Waals surface area contributed by atoms with E-state index in [4.69, 9.17) is 5.73 Å². The number of nitrogen functional groups attached to an aromatic ring is 1. The van der Waals surface area contributed by atoms with E-state index in [1.807, 2.05) is 0 Å². The van der Waals surface area contributed by atoms with Crippen molar-refractivity contribution in [3.05, 3.63) is 28.0 Å². The Balaban J connectivity index is 3.37. The largest absolute Gasteiger partial charge is 0.545 e. The second-order valence-corrected chi connectivity index (χ2v) is 3.05. The van der Waals surface area contributed by atoms with E-state index in [0.717, 1.165) is 6.07 Å². The zero-order chi connectivity index (χ0) is 9.30. The van der Waals surface area contributed by atoms with Gasteiger partial charge in [-0.25, -0.2) is 4.39 Å². The average Bonchev–Trinajstić information content (AvgIpc) is 1.96. The van der Waals surface area contributed by atoms with Crippen molar-refractivity contribution < 1.29 is 14.3 Å². The Hall–Kier alpha value is -1.10. The van der Waals surface area contributed by atoms with Gasteiger partial charge in [0.1, 0.15) is 5.82 Å². The van der Waals surface area contributed by atoms with Gasteiger partial charge in [0.05, 0.1) is 11.7 Å². The molecule has 1 aromatic carbocycles. The van der Waals surface area contributed by atoms with Crippen LogP contribution < -0.4 is 10.8 Å². The van der Waals surface area contributed by atoms with E-state index < -0.39 is 17.5 Å². The van der Waals surface area contributed by atoms with Crippen LogP contribution in [0.2, 0.25) is 0 Å². The number of carboxylic acids is 1. The van der Waals surface area contributed by atoms with Gasteiger partial charge in [-0.1, -0.05) is 15.9 Å². The maximum atomic E-state index is 12.8. The molecule has 0 saturated carbocycles. The summed E-state index contributed by atoms with van der Waals surface area (Å²) in [4.78, 5) is 10.3. The van der Waals surface area contributed by atoms with Crippen molar-refractivity contribution in [2.45, 2.75) is 0 Å². The maximum absolute atomic E-state index is 12.8. The van der Waals surface area contributed by atoms with E-state index in [1.165, 1.54) is 6.07 Å². The van der Waals surface area contributed by atoms with Crippen LogP contribution in [0.1, 0.15) is 10.4 Å². The second kappa shape index (κ2) is 3.10. The Morgan fingerprint density at radius 1 is 1.58 bits per heavy atom. The molecule has 0 saturated heterocycles. The van der Waals surface area contributed by atoms with Gasteiger partial charge in [-0.05, 0) is 12.1 Å². The molecule has 3 nitrogen and oxygen atoms in total. The Kier molecular flexibility index (Phi) is 2.32.